The molecule has 0 fully saturated rings. The summed E-state index contributed by atoms with van der Waals surface area (Å²) >= 11 is 0. The Morgan fingerprint density at radius 3 is 2.50 bits per heavy atom. The van der Waals surface area contributed by atoms with Gasteiger partial charge in [-0.1, -0.05) is 68.1 Å². The molecule has 5 nitrogen and oxygen atoms in total. The fraction of sp³-hybridized carbons (Fsp3) is 0.304. The average Bonchev–Trinajstić information content (AvgIpc) is 3.20. The fourth-order valence-electron chi connectivity index (χ4n) is 2.86. The van der Waals surface area contributed by atoms with Crippen LogP contribution in [0.25, 0.3) is 11.3 Å². The lowest BCUT2D eigenvalue weighted by Gasteiger charge is -2.07. The lowest BCUT2D eigenvalue weighted by molar-refractivity contribution is 0.102. The van der Waals surface area contributed by atoms with E-state index >= 15 is 0 Å². The molecule has 1 N–H and O–H groups in total. The van der Waals surface area contributed by atoms with Gasteiger partial charge in [-0.05, 0) is 30.7 Å². The molecule has 0 aliphatic rings. The molecule has 1 heterocycles. The van der Waals surface area contributed by atoms with Gasteiger partial charge in [-0.15, -0.1) is 0 Å². The molecule has 0 unspecified atom stereocenters. The molecule has 0 saturated heterocycles. The number of hydrogen-bond acceptors (Lipinski definition) is 4. The first-order valence-electron chi connectivity index (χ1n) is 9.82. The van der Waals surface area contributed by atoms with Gasteiger partial charge in [0.25, 0.3) is 5.91 Å². The van der Waals surface area contributed by atoms with Crippen molar-refractivity contribution in [2.45, 2.75) is 39.0 Å². The second kappa shape index (κ2) is 10.3. The van der Waals surface area contributed by atoms with E-state index in [1.54, 1.807) is 18.2 Å². The Bertz CT molecular complexity index is 857. The monoisotopic (exact) mass is 378 g/mol. The molecule has 3 aromatic rings. The Labute approximate surface area is 165 Å². The summed E-state index contributed by atoms with van der Waals surface area (Å²) in [5, 5.41) is 6.73. The third-order valence-electron chi connectivity index (χ3n) is 4.45. The fourth-order valence-corrected chi connectivity index (χ4v) is 2.86. The zero-order valence-corrected chi connectivity index (χ0v) is 16.2. The molecular weight excluding hydrogens is 352 g/mol. The molecule has 2 aromatic carbocycles. The Balaban J connectivity index is 1.49. The third-order valence-corrected chi connectivity index (χ3v) is 4.45. The van der Waals surface area contributed by atoms with Gasteiger partial charge >= 0.3 is 0 Å². The molecule has 0 spiro atoms. The molecule has 146 valence electrons. The highest BCUT2D eigenvalue weighted by atomic mass is 16.5. The van der Waals surface area contributed by atoms with Gasteiger partial charge in [-0.2, -0.15) is 0 Å². The van der Waals surface area contributed by atoms with E-state index in [4.69, 9.17) is 9.26 Å². The molecule has 3 rings (SSSR count). The van der Waals surface area contributed by atoms with Crippen LogP contribution in [0.3, 0.4) is 0 Å². The summed E-state index contributed by atoms with van der Waals surface area (Å²) in [5.74, 6) is 0.844. The minimum absolute atomic E-state index is 0.248. The Hall–Kier alpha value is -3.08. The van der Waals surface area contributed by atoms with Crippen LogP contribution in [0.1, 0.15) is 49.4 Å². The number of carbonyl (C=O) groups excluding carboxylic acids is 1. The summed E-state index contributed by atoms with van der Waals surface area (Å²) in [6.45, 7) is 2.91. The van der Waals surface area contributed by atoms with Crippen LogP contribution in [0, 0.1) is 0 Å². The molecule has 28 heavy (non-hydrogen) atoms. The first-order valence-corrected chi connectivity index (χ1v) is 9.82. The number of nitrogens with one attached hydrogen (secondary N) is 1. The highest BCUT2D eigenvalue weighted by Gasteiger charge is 2.11. The smallest absolute Gasteiger partial charge is 0.258 e. The lowest BCUT2D eigenvalue weighted by Crippen LogP contribution is -2.11. The van der Waals surface area contributed by atoms with Crippen molar-refractivity contribution in [2.24, 2.45) is 0 Å². The van der Waals surface area contributed by atoms with Crippen molar-refractivity contribution in [2.75, 3.05) is 11.9 Å². The normalized spacial score (nSPS) is 10.6. The summed E-state index contributed by atoms with van der Waals surface area (Å²) in [5.41, 5.74) is 2.15. The highest BCUT2D eigenvalue weighted by Crippen LogP contribution is 2.22. The Kier molecular flexibility index (Phi) is 7.24. The van der Waals surface area contributed by atoms with E-state index in [1.807, 2.05) is 42.5 Å². The van der Waals surface area contributed by atoms with Gasteiger partial charge in [0.15, 0.2) is 0 Å². The maximum absolute atomic E-state index is 12.4. The number of ether oxygens (including phenoxy) is 1. The molecule has 0 aliphatic carbocycles. The van der Waals surface area contributed by atoms with E-state index in [0.717, 1.165) is 17.7 Å². The highest BCUT2D eigenvalue weighted by molar-refractivity contribution is 6.03. The maximum atomic E-state index is 12.4. The van der Waals surface area contributed by atoms with Crippen molar-refractivity contribution >= 4 is 11.8 Å². The van der Waals surface area contributed by atoms with Crippen LogP contribution in [0.5, 0.6) is 5.75 Å². The largest absolute Gasteiger partial charge is 0.494 e. The van der Waals surface area contributed by atoms with Crippen LogP contribution >= 0.6 is 0 Å². The molecule has 0 saturated carbocycles. The summed E-state index contributed by atoms with van der Waals surface area (Å²) in [7, 11) is 0. The molecule has 5 heteroatoms. The van der Waals surface area contributed by atoms with E-state index in [0.29, 0.717) is 23.7 Å². The predicted molar refractivity (Wildman–Crippen MR) is 111 cm³/mol. The minimum Gasteiger partial charge on any atom is -0.494 e. The second-order valence-electron chi connectivity index (χ2n) is 6.68. The molecule has 1 aromatic heterocycles. The number of rotatable bonds is 10. The van der Waals surface area contributed by atoms with Gasteiger partial charge in [0.05, 0.1) is 6.61 Å². The van der Waals surface area contributed by atoms with Crippen molar-refractivity contribution in [3.8, 4) is 17.0 Å². The summed E-state index contributed by atoms with van der Waals surface area (Å²) in [6, 6.07) is 18.5. The summed E-state index contributed by atoms with van der Waals surface area (Å²) in [6.07, 6.45) is 6.02. The van der Waals surface area contributed by atoms with E-state index in [9.17, 15) is 4.79 Å². The average molecular weight is 378 g/mol. The van der Waals surface area contributed by atoms with E-state index in [2.05, 4.69) is 17.4 Å². The Morgan fingerprint density at radius 1 is 1.00 bits per heavy atom. The van der Waals surface area contributed by atoms with Gasteiger partial charge in [0.2, 0.25) is 5.88 Å². The first kappa shape index (κ1) is 19.7. The predicted octanol–water partition coefficient (Wildman–Crippen LogP) is 5.94. The van der Waals surface area contributed by atoms with Crippen molar-refractivity contribution in [1.82, 2.24) is 5.16 Å². The molecule has 0 atom stereocenters. The quantitative estimate of drug-likeness (QED) is 0.443. The van der Waals surface area contributed by atoms with Crippen molar-refractivity contribution in [3.63, 3.8) is 0 Å². The van der Waals surface area contributed by atoms with E-state index in [1.165, 1.54) is 25.7 Å². The Morgan fingerprint density at radius 2 is 1.75 bits per heavy atom. The number of hydrogen-bond donors (Lipinski definition) is 1. The topological polar surface area (TPSA) is 64.4 Å². The van der Waals surface area contributed by atoms with E-state index in [-0.39, 0.29) is 5.91 Å². The molecule has 1 amide bonds. The van der Waals surface area contributed by atoms with Crippen LogP contribution in [0.4, 0.5) is 5.88 Å². The summed E-state index contributed by atoms with van der Waals surface area (Å²) < 4.78 is 11.0. The summed E-state index contributed by atoms with van der Waals surface area (Å²) in [4.78, 5) is 12.4. The van der Waals surface area contributed by atoms with Gasteiger partial charge in [0.1, 0.15) is 11.4 Å². The van der Waals surface area contributed by atoms with Crippen molar-refractivity contribution in [1.29, 1.82) is 0 Å². The third kappa shape index (κ3) is 5.71. The van der Waals surface area contributed by atoms with Gasteiger partial charge in [-0.25, -0.2) is 0 Å². The van der Waals surface area contributed by atoms with E-state index < -0.39 is 0 Å². The zero-order valence-electron chi connectivity index (χ0n) is 16.2. The maximum Gasteiger partial charge on any atom is 0.258 e. The minimum atomic E-state index is -0.248. The van der Waals surface area contributed by atoms with Crippen molar-refractivity contribution in [3.05, 3.63) is 66.2 Å². The number of anilines is 1. The van der Waals surface area contributed by atoms with Crippen molar-refractivity contribution < 1.29 is 14.1 Å². The SMILES string of the molecule is CCCCCCCOc1ccc(C(=O)Nc2cc(-c3ccccc3)no2)cc1. The van der Waals surface area contributed by atoms with Gasteiger partial charge in [0, 0.05) is 17.2 Å². The van der Waals surface area contributed by atoms with Gasteiger partial charge in [-0.3, -0.25) is 10.1 Å². The second-order valence-corrected chi connectivity index (χ2v) is 6.68. The van der Waals surface area contributed by atoms with Gasteiger partial charge < -0.3 is 9.26 Å². The number of unbranched alkanes of at least 4 members (excludes halogenated alkanes) is 4. The lowest BCUT2D eigenvalue weighted by atomic mass is 10.1. The molecule has 0 aliphatic heterocycles. The van der Waals surface area contributed by atoms with Crippen LogP contribution in [0.2, 0.25) is 0 Å². The number of amides is 1. The van der Waals surface area contributed by atoms with Crippen LogP contribution in [0.15, 0.2) is 65.2 Å². The number of nitrogens with zero attached hydrogens (tertiary/aromatic N) is 1. The first-order chi connectivity index (χ1) is 13.8. The van der Waals surface area contributed by atoms with Crippen LogP contribution in [-0.2, 0) is 0 Å². The number of benzene rings is 2. The number of aromatic nitrogens is 1. The number of carbonyl (C=O) groups is 1. The van der Waals surface area contributed by atoms with Crippen LogP contribution < -0.4 is 10.1 Å². The molecular formula is C23H26N2O3. The zero-order chi connectivity index (χ0) is 19.6. The molecule has 0 bridgehead atoms. The molecule has 0 radical (unpaired) electrons. The standard InChI is InChI=1S/C23H26N2O3/c1-2-3-4-5-9-16-27-20-14-12-19(13-15-20)23(26)24-22-17-21(25-28-22)18-10-7-6-8-11-18/h6-8,10-15,17H,2-5,9,16H2,1H3,(H,24,26). The van der Waals surface area contributed by atoms with Crippen LogP contribution in [-0.4, -0.2) is 17.7 Å².